The largest absolute Gasteiger partial charge is 0.392 e. The van der Waals surface area contributed by atoms with E-state index in [0.29, 0.717) is 0 Å². The van der Waals surface area contributed by atoms with E-state index in [1.807, 2.05) is 6.92 Å². The topological polar surface area (TPSA) is 48.9 Å². The second-order valence-corrected chi connectivity index (χ2v) is 1.68. The van der Waals surface area contributed by atoms with Gasteiger partial charge in [0.2, 0.25) is 0 Å². The molecule has 0 bridgehead atoms. The first-order valence-corrected chi connectivity index (χ1v) is 2.44. The van der Waals surface area contributed by atoms with Gasteiger partial charge in [0.15, 0.2) is 0 Å². The van der Waals surface area contributed by atoms with E-state index in [4.69, 9.17) is 5.11 Å². The number of rotatable bonds is 1. The summed E-state index contributed by atoms with van der Waals surface area (Å²) in [5.41, 5.74) is 1.80. The van der Waals surface area contributed by atoms with Gasteiger partial charge < -0.3 is 5.11 Å². The number of aromatic amines is 1. The number of aryl methyl sites for hydroxylation is 1. The van der Waals surface area contributed by atoms with Gasteiger partial charge in [-0.15, -0.1) is 0 Å². The predicted octanol–water partition coefficient (Wildman–Crippen LogP) is 0.210. The Labute approximate surface area is 47.4 Å². The molecule has 2 N–H and O–H groups in total. The highest BCUT2D eigenvalue weighted by atomic mass is 16.3. The maximum absolute atomic E-state index is 8.55. The van der Waals surface area contributed by atoms with Crippen LogP contribution in [0.15, 0.2) is 6.20 Å². The quantitative estimate of drug-likeness (QED) is 0.545. The molecule has 44 valence electrons. The molecule has 0 aliphatic heterocycles. The Bertz CT molecular complexity index is 171. The van der Waals surface area contributed by atoms with Gasteiger partial charge in [0.05, 0.1) is 12.8 Å². The highest BCUT2D eigenvalue weighted by Gasteiger charge is 1.94. The molecule has 0 aliphatic carbocycles. The number of aliphatic hydroxyl groups excluding tert-OH is 1. The number of hydrogen-bond donors (Lipinski definition) is 2. The van der Waals surface area contributed by atoms with Crippen LogP contribution in [0.4, 0.5) is 0 Å². The molecular formula is C5H8N2O. The van der Waals surface area contributed by atoms with Gasteiger partial charge >= 0.3 is 0 Å². The van der Waals surface area contributed by atoms with Crippen LogP contribution in [0.5, 0.6) is 0 Å². The molecule has 0 fully saturated rings. The van der Waals surface area contributed by atoms with Crippen LogP contribution in [0.3, 0.4) is 0 Å². The van der Waals surface area contributed by atoms with E-state index >= 15 is 0 Å². The fraction of sp³-hybridized carbons (Fsp3) is 0.400. The predicted molar refractivity (Wildman–Crippen MR) is 29.2 cm³/mol. The van der Waals surface area contributed by atoms with Crippen LogP contribution in [-0.2, 0) is 6.61 Å². The standard InChI is InChI=1S/C5H8N2O/c1-4-5(3-8)2-6-7-4/h2,8H,3H2,1H3,(H,6,7). The lowest BCUT2D eigenvalue weighted by atomic mass is 10.3. The van der Waals surface area contributed by atoms with Crippen molar-refractivity contribution in [3.63, 3.8) is 0 Å². The van der Waals surface area contributed by atoms with E-state index < -0.39 is 0 Å². The minimum Gasteiger partial charge on any atom is -0.392 e. The highest BCUT2D eigenvalue weighted by Crippen LogP contribution is 1.99. The Morgan fingerprint density at radius 2 is 2.62 bits per heavy atom. The fourth-order valence-electron chi connectivity index (χ4n) is 0.535. The second-order valence-electron chi connectivity index (χ2n) is 1.68. The molecule has 1 rings (SSSR count). The molecule has 0 atom stereocenters. The van der Waals surface area contributed by atoms with Gasteiger partial charge in [0.1, 0.15) is 0 Å². The van der Waals surface area contributed by atoms with Crippen LogP contribution < -0.4 is 0 Å². The summed E-state index contributed by atoms with van der Waals surface area (Å²) in [6, 6.07) is 0. The molecule has 3 nitrogen and oxygen atoms in total. The van der Waals surface area contributed by atoms with Crippen molar-refractivity contribution in [2.45, 2.75) is 13.5 Å². The molecule has 1 aromatic heterocycles. The van der Waals surface area contributed by atoms with Crippen LogP contribution in [0.25, 0.3) is 0 Å². The molecule has 0 aliphatic rings. The van der Waals surface area contributed by atoms with Gasteiger partial charge in [-0.05, 0) is 6.92 Å². The SMILES string of the molecule is Cc1[nH]ncc1CO. The molecular weight excluding hydrogens is 104 g/mol. The van der Waals surface area contributed by atoms with Crippen molar-refractivity contribution in [1.82, 2.24) is 10.2 Å². The third-order valence-corrected chi connectivity index (χ3v) is 1.10. The minimum absolute atomic E-state index is 0.0718. The maximum Gasteiger partial charge on any atom is 0.0715 e. The molecule has 0 spiro atoms. The Hall–Kier alpha value is -0.830. The Morgan fingerprint density at radius 1 is 1.88 bits per heavy atom. The molecule has 0 amide bonds. The van der Waals surface area contributed by atoms with E-state index in [1.165, 1.54) is 0 Å². The zero-order chi connectivity index (χ0) is 5.98. The van der Waals surface area contributed by atoms with Crippen LogP contribution in [0, 0.1) is 6.92 Å². The molecule has 0 saturated heterocycles. The Kier molecular flexibility index (Phi) is 1.30. The van der Waals surface area contributed by atoms with Gasteiger partial charge in [-0.1, -0.05) is 0 Å². The molecule has 0 saturated carbocycles. The maximum atomic E-state index is 8.55. The van der Waals surface area contributed by atoms with Crippen molar-refractivity contribution in [2.75, 3.05) is 0 Å². The molecule has 1 aromatic rings. The van der Waals surface area contributed by atoms with Crippen molar-refractivity contribution in [3.05, 3.63) is 17.5 Å². The van der Waals surface area contributed by atoms with E-state index in [9.17, 15) is 0 Å². The molecule has 0 radical (unpaired) electrons. The smallest absolute Gasteiger partial charge is 0.0715 e. The average molecular weight is 112 g/mol. The van der Waals surface area contributed by atoms with Crippen molar-refractivity contribution in [2.24, 2.45) is 0 Å². The molecule has 1 heterocycles. The normalized spacial score (nSPS) is 9.75. The zero-order valence-corrected chi connectivity index (χ0v) is 4.68. The number of aromatic nitrogens is 2. The first-order chi connectivity index (χ1) is 3.84. The number of H-pyrrole nitrogens is 1. The molecule has 8 heavy (non-hydrogen) atoms. The summed E-state index contributed by atoms with van der Waals surface area (Å²) in [4.78, 5) is 0. The van der Waals surface area contributed by atoms with Crippen LogP contribution in [0.2, 0.25) is 0 Å². The number of nitrogens with one attached hydrogen (secondary N) is 1. The van der Waals surface area contributed by atoms with Crippen molar-refractivity contribution >= 4 is 0 Å². The van der Waals surface area contributed by atoms with Gasteiger partial charge in [0, 0.05) is 11.3 Å². The Balaban J connectivity index is 2.92. The van der Waals surface area contributed by atoms with Gasteiger partial charge in [-0.25, -0.2) is 0 Å². The highest BCUT2D eigenvalue weighted by molar-refractivity contribution is 5.12. The van der Waals surface area contributed by atoms with Crippen molar-refractivity contribution in [1.29, 1.82) is 0 Å². The van der Waals surface area contributed by atoms with Crippen LogP contribution >= 0.6 is 0 Å². The Morgan fingerprint density at radius 3 is 2.88 bits per heavy atom. The zero-order valence-electron chi connectivity index (χ0n) is 4.68. The van der Waals surface area contributed by atoms with Crippen LogP contribution in [0.1, 0.15) is 11.3 Å². The summed E-state index contributed by atoms with van der Waals surface area (Å²) in [6.07, 6.45) is 1.62. The summed E-state index contributed by atoms with van der Waals surface area (Å²) < 4.78 is 0. The number of aliphatic hydroxyl groups is 1. The summed E-state index contributed by atoms with van der Waals surface area (Å²) >= 11 is 0. The first kappa shape index (κ1) is 5.31. The lowest BCUT2D eigenvalue weighted by Crippen LogP contribution is -1.81. The van der Waals surface area contributed by atoms with E-state index in [0.717, 1.165) is 11.3 Å². The summed E-state index contributed by atoms with van der Waals surface area (Å²) in [7, 11) is 0. The number of hydrogen-bond acceptors (Lipinski definition) is 2. The third-order valence-electron chi connectivity index (χ3n) is 1.10. The second kappa shape index (κ2) is 1.96. The van der Waals surface area contributed by atoms with E-state index in [2.05, 4.69) is 10.2 Å². The first-order valence-electron chi connectivity index (χ1n) is 2.44. The summed E-state index contributed by atoms with van der Waals surface area (Å²) in [5.74, 6) is 0. The van der Waals surface area contributed by atoms with Crippen molar-refractivity contribution in [3.8, 4) is 0 Å². The fourth-order valence-corrected chi connectivity index (χ4v) is 0.535. The third kappa shape index (κ3) is 0.721. The van der Waals surface area contributed by atoms with E-state index in [-0.39, 0.29) is 6.61 Å². The van der Waals surface area contributed by atoms with E-state index in [1.54, 1.807) is 6.20 Å². The van der Waals surface area contributed by atoms with Gasteiger partial charge in [0.25, 0.3) is 0 Å². The summed E-state index contributed by atoms with van der Waals surface area (Å²) in [5, 5.41) is 15.0. The van der Waals surface area contributed by atoms with Gasteiger partial charge in [-0.3, -0.25) is 5.10 Å². The minimum atomic E-state index is 0.0718. The van der Waals surface area contributed by atoms with Crippen LogP contribution in [-0.4, -0.2) is 15.3 Å². The lowest BCUT2D eigenvalue weighted by molar-refractivity contribution is 0.281. The average Bonchev–Trinajstić information content (AvgIpc) is 2.14. The van der Waals surface area contributed by atoms with Gasteiger partial charge in [-0.2, -0.15) is 5.10 Å². The number of nitrogens with zero attached hydrogens (tertiary/aromatic N) is 1. The molecule has 0 aromatic carbocycles. The van der Waals surface area contributed by atoms with Crippen molar-refractivity contribution < 1.29 is 5.11 Å². The lowest BCUT2D eigenvalue weighted by Gasteiger charge is -1.86. The monoisotopic (exact) mass is 112 g/mol. The summed E-state index contributed by atoms with van der Waals surface area (Å²) in [6.45, 7) is 1.95. The molecule has 0 unspecified atom stereocenters. The molecule has 3 heteroatoms.